The first-order valence-corrected chi connectivity index (χ1v) is 6.30. The van der Waals surface area contributed by atoms with Crippen LogP contribution in [0, 0.1) is 5.41 Å². The van der Waals surface area contributed by atoms with Crippen LogP contribution in [-0.2, 0) is 13.0 Å². The lowest BCUT2D eigenvalue weighted by molar-refractivity contribution is 0.0981. The Bertz CT molecular complexity index is 540. The van der Waals surface area contributed by atoms with Crippen LogP contribution >= 0.6 is 0 Å². The van der Waals surface area contributed by atoms with Gasteiger partial charge < -0.3 is 14.2 Å². The standard InChI is InChI=1S/C14H18N2O2/c1-14(2)7-12-11(13(17)8-14)3-5-16(12)9-10-4-6-18-15-10/h3-6,13,17H,7-9H2,1-2H3. The van der Waals surface area contributed by atoms with Crippen molar-refractivity contribution < 1.29 is 9.63 Å². The van der Waals surface area contributed by atoms with Gasteiger partial charge in [0.1, 0.15) is 12.0 Å². The number of fused-ring (bicyclic) bond motifs is 1. The van der Waals surface area contributed by atoms with Crippen LogP contribution in [-0.4, -0.2) is 14.8 Å². The number of nitrogens with zero attached hydrogens (tertiary/aromatic N) is 2. The molecule has 4 heteroatoms. The van der Waals surface area contributed by atoms with Crippen LogP contribution in [0.25, 0.3) is 0 Å². The second-order valence-electron chi connectivity index (χ2n) is 5.90. The first-order chi connectivity index (χ1) is 8.55. The molecule has 0 fully saturated rings. The van der Waals surface area contributed by atoms with Gasteiger partial charge >= 0.3 is 0 Å². The molecule has 1 atom stereocenters. The summed E-state index contributed by atoms with van der Waals surface area (Å²) in [6.45, 7) is 5.10. The van der Waals surface area contributed by atoms with Crippen molar-refractivity contribution in [3.63, 3.8) is 0 Å². The van der Waals surface area contributed by atoms with Crippen LogP contribution in [0.4, 0.5) is 0 Å². The maximum Gasteiger partial charge on any atom is 0.124 e. The van der Waals surface area contributed by atoms with Crippen LogP contribution in [0.5, 0.6) is 0 Å². The monoisotopic (exact) mass is 246 g/mol. The zero-order valence-corrected chi connectivity index (χ0v) is 10.8. The summed E-state index contributed by atoms with van der Waals surface area (Å²) in [5, 5.41) is 14.1. The summed E-state index contributed by atoms with van der Waals surface area (Å²) in [5.74, 6) is 0. The molecule has 0 aromatic carbocycles. The quantitative estimate of drug-likeness (QED) is 0.885. The zero-order valence-electron chi connectivity index (χ0n) is 10.8. The van der Waals surface area contributed by atoms with Crippen molar-refractivity contribution in [1.82, 2.24) is 9.72 Å². The van der Waals surface area contributed by atoms with E-state index in [1.54, 1.807) is 6.26 Å². The molecule has 2 aromatic rings. The maximum atomic E-state index is 10.2. The van der Waals surface area contributed by atoms with Gasteiger partial charge in [-0.3, -0.25) is 0 Å². The molecule has 2 heterocycles. The molecule has 0 aliphatic heterocycles. The average molecular weight is 246 g/mol. The van der Waals surface area contributed by atoms with Gasteiger partial charge in [0.15, 0.2) is 0 Å². The molecular weight excluding hydrogens is 228 g/mol. The molecule has 1 N–H and O–H groups in total. The smallest absolute Gasteiger partial charge is 0.124 e. The molecule has 96 valence electrons. The molecule has 0 saturated heterocycles. The number of aromatic nitrogens is 2. The minimum Gasteiger partial charge on any atom is -0.388 e. The van der Waals surface area contributed by atoms with E-state index in [0.29, 0.717) is 6.54 Å². The number of aliphatic hydroxyl groups excluding tert-OH is 1. The average Bonchev–Trinajstić information content (AvgIpc) is 2.88. The molecule has 3 rings (SSSR count). The third kappa shape index (κ3) is 1.97. The molecule has 2 aromatic heterocycles. The van der Waals surface area contributed by atoms with Crippen LogP contribution in [0.15, 0.2) is 29.1 Å². The Labute approximate surface area is 106 Å². The lowest BCUT2D eigenvalue weighted by Crippen LogP contribution is -2.26. The predicted octanol–water partition coefficient (Wildman–Crippen LogP) is 2.53. The Morgan fingerprint density at radius 1 is 1.50 bits per heavy atom. The van der Waals surface area contributed by atoms with Gasteiger partial charge in [-0.05, 0) is 24.3 Å². The Balaban J connectivity index is 1.94. The largest absolute Gasteiger partial charge is 0.388 e. The summed E-state index contributed by atoms with van der Waals surface area (Å²) < 4.78 is 7.02. The number of hydrogen-bond acceptors (Lipinski definition) is 3. The molecule has 1 aliphatic rings. The zero-order chi connectivity index (χ0) is 12.8. The van der Waals surface area contributed by atoms with E-state index in [-0.39, 0.29) is 11.5 Å². The topological polar surface area (TPSA) is 51.2 Å². The van der Waals surface area contributed by atoms with E-state index >= 15 is 0 Å². The molecule has 4 nitrogen and oxygen atoms in total. The lowest BCUT2D eigenvalue weighted by atomic mass is 9.75. The fraction of sp³-hybridized carbons (Fsp3) is 0.500. The molecule has 0 bridgehead atoms. The summed E-state index contributed by atoms with van der Waals surface area (Å²) >= 11 is 0. The highest BCUT2D eigenvalue weighted by atomic mass is 16.5. The second-order valence-corrected chi connectivity index (χ2v) is 5.90. The van der Waals surface area contributed by atoms with Gasteiger partial charge in [-0.25, -0.2) is 0 Å². The number of rotatable bonds is 2. The summed E-state index contributed by atoms with van der Waals surface area (Å²) in [6.07, 6.45) is 5.09. The van der Waals surface area contributed by atoms with Gasteiger partial charge in [0.2, 0.25) is 0 Å². The van der Waals surface area contributed by atoms with Crippen molar-refractivity contribution in [3.05, 3.63) is 41.5 Å². The summed E-state index contributed by atoms with van der Waals surface area (Å²) in [4.78, 5) is 0. The normalized spacial score (nSPS) is 21.8. The molecule has 18 heavy (non-hydrogen) atoms. The van der Waals surface area contributed by atoms with Crippen LogP contribution < -0.4 is 0 Å². The van der Waals surface area contributed by atoms with E-state index in [1.807, 2.05) is 18.3 Å². The minimum atomic E-state index is -0.345. The van der Waals surface area contributed by atoms with E-state index in [9.17, 15) is 5.11 Å². The summed E-state index contributed by atoms with van der Waals surface area (Å²) in [5.41, 5.74) is 3.35. The Hall–Kier alpha value is -1.55. The van der Waals surface area contributed by atoms with E-state index in [1.165, 1.54) is 5.69 Å². The Morgan fingerprint density at radius 3 is 3.06 bits per heavy atom. The van der Waals surface area contributed by atoms with Crippen molar-refractivity contribution in [2.24, 2.45) is 5.41 Å². The fourth-order valence-corrected chi connectivity index (χ4v) is 2.83. The van der Waals surface area contributed by atoms with Gasteiger partial charge in [-0.1, -0.05) is 19.0 Å². The molecular formula is C14H18N2O2. The molecule has 0 saturated carbocycles. The summed E-state index contributed by atoms with van der Waals surface area (Å²) in [6, 6.07) is 3.89. The highest BCUT2D eigenvalue weighted by Crippen LogP contribution is 2.41. The molecule has 0 spiro atoms. The third-order valence-electron chi connectivity index (χ3n) is 3.69. The van der Waals surface area contributed by atoms with Crippen LogP contribution in [0.3, 0.4) is 0 Å². The number of aliphatic hydroxyl groups is 1. The molecule has 0 amide bonds. The Morgan fingerprint density at radius 2 is 2.33 bits per heavy atom. The minimum absolute atomic E-state index is 0.145. The lowest BCUT2D eigenvalue weighted by Gasteiger charge is -2.33. The van der Waals surface area contributed by atoms with E-state index in [2.05, 4.69) is 23.6 Å². The van der Waals surface area contributed by atoms with Crippen molar-refractivity contribution >= 4 is 0 Å². The fourth-order valence-electron chi connectivity index (χ4n) is 2.83. The molecule has 1 unspecified atom stereocenters. The highest BCUT2D eigenvalue weighted by Gasteiger charge is 2.33. The Kier molecular flexibility index (Phi) is 2.55. The third-order valence-corrected chi connectivity index (χ3v) is 3.69. The summed E-state index contributed by atoms with van der Waals surface area (Å²) in [7, 11) is 0. The van der Waals surface area contributed by atoms with E-state index < -0.39 is 0 Å². The van der Waals surface area contributed by atoms with Gasteiger partial charge in [-0.15, -0.1) is 0 Å². The van der Waals surface area contributed by atoms with E-state index in [4.69, 9.17) is 4.52 Å². The van der Waals surface area contributed by atoms with Crippen LogP contribution in [0.2, 0.25) is 0 Å². The second kappa shape index (κ2) is 3.99. The molecule has 1 aliphatic carbocycles. The first kappa shape index (κ1) is 11.5. The van der Waals surface area contributed by atoms with Crippen LogP contribution in [0.1, 0.15) is 43.3 Å². The van der Waals surface area contributed by atoms with E-state index in [0.717, 1.165) is 24.1 Å². The van der Waals surface area contributed by atoms with Gasteiger partial charge in [-0.2, -0.15) is 0 Å². The highest BCUT2D eigenvalue weighted by molar-refractivity contribution is 5.29. The van der Waals surface area contributed by atoms with Crippen molar-refractivity contribution in [1.29, 1.82) is 0 Å². The first-order valence-electron chi connectivity index (χ1n) is 6.30. The van der Waals surface area contributed by atoms with Gasteiger partial charge in [0.05, 0.1) is 12.6 Å². The maximum absolute atomic E-state index is 10.2. The van der Waals surface area contributed by atoms with Gasteiger partial charge in [0.25, 0.3) is 0 Å². The van der Waals surface area contributed by atoms with Crippen molar-refractivity contribution in [2.75, 3.05) is 0 Å². The van der Waals surface area contributed by atoms with Crippen molar-refractivity contribution in [2.45, 2.75) is 39.3 Å². The molecule has 0 radical (unpaired) electrons. The number of hydrogen-bond donors (Lipinski definition) is 1. The predicted molar refractivity (Wildman–Crippen MR) is 67.1 cm³/mol. The SMILES string of the molecule is CC1(C)Cc2c(ccn2Cc2ccon2)C(O)C1. The van der Waals surface area contributed by atoms with Gasteiger partial charge in [0, 0.05) is 23.5 Å². The van der Waals surface area contributed by atoms with Crippen molar-refractivity contribution in [3.8, 4) is 0 Å².